The van der Waals surface area contributed by atoms with Crippen molar-refractivity contribution in [3.8, 4) is 5.75 Å². The van der Waals surface area contributed by atoms with Crippen LogP contribution in [0.4, 0.5) is 0 Å². The van der Waals surface area contributed by atoms with Crippen LogP contribution >= 0.6 is 0 Å². The van der Waals surface area contributed by atoms with Gasteiger partial charge in [0.05, 0.1) is 5.60 Å². The van der Waals surface area contributed by atoms with Gasteiger partial charge in [-0.1, -0.05) is 31.4 Å². The van der Waals surface area contributed by atoms with Crippen molar-refractivity contribution < 1.29 is 14.6 Å². The average Bonchev–Trinajstić information content (AvgIpc) is 2.45. The molecule has 1 aliphatic rings. The van der Waals surface area contributed by atoms with Gasteiger partial charge in [0.25, 0.3) is 0 Å². The molecule has 3 heteroatoms. The Morgan fingerprint density at radius 2 is 1.85 bits per heavy atom. The molecule has 0 atom stereocenters. The van der Waals surface area contributed by atoms with Crippen LogP contribution < -0.4 is 4.74 Å². The molecule has 1 aliphatic carbocycles. The summed E-state index contributed by atoms with van der Waals surface area (Å²) in [6, 6.07) is 7.82. The van der Waals surface area contributed by atoms with Crippen molar-refractivity contribution in [1.29, 1.82) is 0 Å². The molecule has 1 fully saturated rings. The molecule has 110 valence electrons. The number of aliphatic hydroxyl groups is 1. The second-order valence-corrected chi connectivity index (χ2v) is 5.92. The van der Waals surface area contributed by atoms with Crippen LogP contribution in [0.1, 0.15) is 51.0 Å². The van der Waals surface area contributed by atoms with E-state index in [0.29, 0.717) is 13.0 Å². The molecule has 3 nitrogen and oxygen atoms in total. The van der Waals surface area contributed by atoms with Gasteiger partial charge in [-0.05, 0) is 43.9 Å². The van der Waals surface area contributed by atoms with Crippen LogP contribution in [0.2, 0.25) is 0 Å². The van der Waals surface area contributed by atoms with E-state index in [-0.39, 0.29) is 5.78 Å². The Morgan fingerprint density at radius 3 is 2.45 bits per heavy atom. The molecule has 0 bridgehead atoms. The minimum atomic E-state index is -0.647. The maximum Gasteiger partial charge on any atom is 0.130 e. The number of carbonyl (C=O) groups is 1. The van der Waals surface area contributed by atoms with E-state index < -0.39 is 5.60 Å². The summed E-state index contributed by atoms with van der Waals surface area (Å²) < 4.78 is 5.71. The van der Waals surface area contributed by atoms with Crippen molar-refractivity contribution in [3.63, 3.8) is 0 Å². The summed E-state index contributed by atoms with van der Waals surface area (Å²) in [5.41, 5.74) is 0.495. The first kappa shape index (κ1) is 15.0. The average molecular weight is 276 g/mol. The highest BCUT2D eigenvalue weighted by Crippen LogP contribution is 2.28. The molecule has 0 spiro atoms. The van der Waals surface area contributed by atoms with Gasteiger partial charge in [-0.15, -0.1) is 0 Å². The lowest BCUT2D eigenvalue weighted by Gasteiger charge is -2.31. The van der Waals surface area contributed by atoms with Crippen LogP contribution in [0, 0.1) is 0 Å². The van der Waals surface area contributed by atoms with E-state index in [0.717, 1.165) is 43.4 Å². The second kappa shape index (κ2) is 6.89. The SMILES string of the molecule is CC(=O)CCc1ccc(OCC2(O)CCCCC2)cc1. The Kier molecular flexibility index (Phi) is 5.18. The minimum Gasteiger partial charge on any atom is -0.491 e. The topological polar surface area (TPSA) is 46.5 Å². The number of hydrogen-bond donors (Lipinski definition) is 1. The lowest BCUT2D eigenvalue weighted by atomic mass is 9.85. The molecule has 0 amide bonds. The van der Waals surface area contributed by atoms with Crippen molar-refractivity contribution in [1.82, 2.24) is 0 Å². The monoisotopic (exact) mass is 276 g/mol. The third kappa shape index (κ3) is 4.64. The first-order chi connectivity index (χ1) is 9.57. The Morgan fingerprint density at radius 1 is 1.20 bits per heavy atom. The molecule has 0 unspecified atom stereocenters. The van der Waals surface area contributed by atoms with E-state index in [2.05, 4.69) is 0 Å². The largest absolute Gasteiger partial charge is 0.491 e. The molecule has 0 saturated heterocycles. The standard InChI is InChI=1S/C17H24O3/c1-14(18)5-6-15-7-9-16(10-8-15)20-13-17(19)11-3-2-4-12-17/h7-10,19H,2-6,11-13H2,1H3. The van der Waals surface area contributed by atoms with Gasteiger partial charge < -0.3 is 14.6 Å². The van der Waals surface area contributed by atoms with Crippen LogP contribution in [0.25, 0.3) is 0 Å². The molecular formula is C17H24O3. The van der Waals surface area contributed by atoms with Crippen molar-refractivity contribution in [3.05, 3.63) is 29.8 Å². The zero-order chi connectivity index (χ0) is 14.4. The van der Waals surface area contributed by atoms with E-state index >= 15 is 0 Å². The number of benzene rings is 1. The van der Waals surface area contributed by atoms with Gasteiger partial charge in [0.15, 0.2) is 0 Å². The Balaban J connectivity index is 1.82. The van der Waals surface area contributed by atoms with Gasteiger partial charge >= 0.3 is 0 Å². The Labute approximate surface area is 121 Å². The molecule has 1 aromatic carbocycles. The minimum absolute atomic E-state index is 0.213. The predicted octanol–water partition coefficient (Wildman–Crippen LogP) is 3.28. The zero-order valence-electron chi connectivity index (χ0n) is 12.2. The normalized spacial score (nSPS) is 17.7. The third-order valence-electron chi connectivity index (χ3n) is 3.98. The molecule has 20 heavy (non-hydrogen) atoms. The molecule has 1 aromatic rings. The van der Waals surface area contributed by atoms with Crippen LogP contribution in [-0.4, -0.2) is 23.1 Å². The smallest absolute Gasteiger partial charge is 0.130 e. The first-order valence-corrected chi connectivity index (χ1v) is 7.51. The lowest BCUT2D eigenvalue weighted by molar-refractivity contribution is -0.116. The number of aryl methyl sites for hydroxylation is 1. The van der Waals surface area contributed by atoms with Crippen LogP contribution in [0.15, 0.2) is 24.3 Å². The van der Waals surface area contributed by atoms with Gasteiger partial charge in [-0.3, -0.25) is 0 Å². The van der Waals surface area contributed by atoms with Crippen molar-refractivity contribution >= 4 is 5.78 Å². The number of ether oxygens (including phenoxy) is 1. The van der Waals surface area contributed by atoms with E-state index in [1.165, 1.54) is 6.42 Å². The predicted molar refractivity (Wildman–Crippen MR) is 79.0 cm³/mol. The summed E-state index contributed by atoms with van der Waals surface area (Å²) in [6.07, 6.45) is 6.42. The number of Topliss-reactive ketones (excluding diaryl/α,β-unsaturated/α-hetero) is 1. The van der Waals surface area contributed by atoms with E-state index in [1.807, 2.05) is 24.3 Å². The summed E-state index contributed by atoms with van der Waals surface area (Å²) >= 11 is 0. The molecule has 1 N–H and O–H groups in total. The van der Waals surface area contributed by atoms with Crippen molar-refractivity contribution in [2.45, 2.75) is 57.5 Å². The van der Waals surface area contributed by atoms with Gasteiger partial charge in [0.2, 0.25) is 0 Å². The summed E-state index contributed by atoms with van der Waals surface area (Å²) in [7, 11) is 0. The number of hydrogen-bond acceptors (Lipinski definition) is 3. The van der Waals surface area contributed by atoms with Crippen LogP contribution in [0.3, 0.4) is 0 Å². The van der Waals surface area contributed by atoms with E-state index in [9.17, 15) is 9.90 Å². The van der Waals surface area contributed by atoms with Gasteiger partial charge in [0, 0.05) is 6.42 Å². The van der Waals surface area contributed by atoms with Crippen molar-refractivity contribution in [2.24, 2.45) is 0 Å². The highest BCUT2D eigenvalue weighted by Gasteiger charge is 2.29. The highest BCUT2D eigenvalue weighted by molar-refractivity contribution is 5.75. The molecule has 1 saturated carbocycles. The Bertz CT molecular complexity index is 430. The van der Waals surface area contributed by atoms with E-state index in [1.54, 1.807) is 6.92 Å². The lowest BCUT2D eigenvalue weighted by Crippen LogP contribution is -2.37. The molecule has 2 rings (SSSR count). The number of carbonyl (C=O) groups excluding carboxylic acids is 1. The maximum absolute atomic E-state index is 10.9. The molecule has 0 aromatic heterocycles. The summed E-state index contributed by atoms with van der Waals surface area (Å²) in [5, 5.41) is 10.4. The number of rotatable bonds is 6. The fraction of sp³-hybridized carbons (Fsp3) is 0.588. The van der Waals surface area contributed by atoms with Crippen LogP contribution in [-0.2, 0) is 11.2 Å². The zero-order valence-corrected chi connectivity index (χ0v) is 12.2. The third-order valence-corrected chi connectivity index (χ3v) is 3.98. The molecule has 0 radical (unpaired) electrons. The fourth-order valence-corrected chi connectivity index (χ4v) is 2.64. The van der Waals surface area contributed by atoms with E-state index in [4.69, 9.17) is 4.74 Å². The molecule has 0 aliphatic heterocycles. The maximum atomic E-state index is 10.9. The van der Waals surface area contributed by atoms with Gasteiger partial charge in [-0.2, -0.15) is 0 Å². The first-order valence-electron chi connectivity index (χ1n) is 7.51. The van der Waals surface area contributed by atoms with Crippen molar-refractivity contribution in [2.75, 3.05) is 6.61 Å². The van der Waals surface area contributed by atoms with Crippen LogP contribution in [0.5, 0.6) is 5.75 Å². The van der Waals surface area contributed by atoms with Gasteiger partial charge in [-0.25, -0.2) is 0 Å². The summed E-state index contributed by atoms with van der Waals surface area (Å²) in [4.78, 5) is 10.9. The molecule has 0 heterocycles. The second-order valence-electron chi connectivity index (χ2n) is 5.92. The Hall–Kier alpha value is -1.35. The number of ketones is 1. The summed E-state index contributed by atoms with van der Waals surface area (Å²) in [5.74, 6) is 1.00. The molecular weight excluding hydrogens is 252 g/mol. The fourth-order valence-electron chi connectivity index (χ4n) is 2.64. The quantitative estimate of drug-likeness (QED) is 0.867. The highest BCUT2D eigenvalue weighted by atomic mass is 16.5. The van der Waals surface area contributed by atoms with Gasteiger partial charge in [0.1, 0.15) is 18.1 Å². The summed E-state index contributed by atoms with van der Waals surface area (Å²) in [6.45, 7) is 1.99.